The highest BCUT2D eigenvalue weighted by Gasteiger charge is 2.40. The molecule has 2 rings (SSSR count). The second-order valence-corrected chi connectivity index (χ2v) is 5.68. The number of anilines is 1. The van der Waals surface area contributed by atoms with Crippen LogP contribution in [0.3, 0.4) is 0 Å². The number of hydrogen-bond donors (Lipinski definition) is 1. The van der Waals surface area contributed by atoms with Crippen molar-refractivity contribution in [1.29, 1.82) is 0 Å². The molecule has 1 heterocycles. The number of nitrogens with zero attached hydrogens (tertiary/aromatic N) is 1. The highest BCUT2D eigenvalue weighted by Crippen LogP contribution is 2.31. The third-order valence-electron chi connectivity index (χ3n) is 2.79. The van der Waals surface area contributed by atoms with Crippen LogP contribution in [0.5, 0.6) is 5.75 Å². The van der Waals surface area contributed by atoms with Gasteiger partial charge in [-0.25, -0.2) is 8.78 Å². The molecule has 1 aliphatic heterocycles. The second kappa shape index (κ2) is 4.41. The Morgan fingerprint density at radius 2 is 1.89 bits per heavy atom. The maximum atomic E-state index is 13.5. The Bertz CT molecular complexity index is 646. The highest BCUT2D eigenvalue weighted by molar-refractivity contribution is 7.87. The lowest BCUT2D eigenvalue weighted by molar-refractivity contribution is -0.117. The summed E-state index contributed by atoms with van der Waals surface area (Å²) < 4.78 is 60.6. The molecule has 1 N–H and O–H groups in total. The van der Waals surface area contributed by atoms with Crippen molar-refractivity contribution >= 4 is 21.8 Å². The third-order valence-corrected chi connectivity index (χ3v) is 3.91. The summed E-state index contributed by atoms with van der Waals surface area (Å²) in [5.74, 6) is -4.09. The van der Waals surface area contributed by atoms with Gasteiger partial charge in [0.1, 0.15) is 11.1 Å². The van der Waals surface area contributed by atoms with E-state index in [0.717, 1.165) is 0 Å². The Hall–Kier alpha value is -1.77. The van der Waals surface area contributed by atoms with Crippen molar-refractivity contribution in [2.45, 2.75) is 11.7 Å². The summed E-state index contributed by atoms with van der Waals surface area (Å²) in [7, 11) is -4.93. The van der Waals surface area contributed by atoms with Crippen LogP contribution in [-0.2, 0) is 15.0 Å². The van der Waals surface area contributed by atoms with Gasteiger partial charge >= 0.3 is 10.2 Å². The van der Waals surface area contributed by atoms with E-state index in [0.29, 0.717) is 17.0 Å². The van der Waals surface area contributed by atoms with E-state index in [-0.39, 0.29) is 0 Å². The van der Waals surface area contributed by atoms with Crippen molar-refractivity contribution < 1.29 is 31.0 Å². The van der Waals surface area contributed by atoms with E-state index < -0.39 is 57.4 Å². The molecule has 104 valence electrons. The summed E-state index contributed by atoms with van der Waals surface area (Å²) in [5, 5.41) is 7.53. The first kappa shape index (κ1) is 13.7. The summed E-state index contributed by atoms with van der Waals surface area (Å²) in [6.07, 6.45) is -0.629. The van der Waals surface area contributed by atoms with Gasteiger partial charge in [-0.1, -0.05) is 0 Å². The first-order valence-corrected chi connectivity index (χ1v) is 6.56. The molecule has 1 saturated heterocycles. The first-order chi connectivity index (χ1) is 8.70. The summed E-state index contributed by atoms with van der Waals surface area (Å²) in [4.78, 5) is 12.2. The Morgan fingerprint density at radius 1 is 1.26 bits per heavy atom. The van der Waals surface area contributed by atoms with Crippen molar-refractivity contribution in [1.82, 2.24) is 0 Å². The monoisotopic (exact) mass is 295 g/mol. The predicted molar refractivity (Wildman–Crippen MR) is 58.8 cm³/mol. The molecule has 1 unspecified atom stereocenters. The number of benzene rings is 1. The molecule has 0 aliphatic carbocycles. The van der Waals surface area contributed by atoms with Gasteiger partial charge in [-0.05, 0) is 0 Å². The minimum Gasteiger partial charge on any atom is -0.505 e. The van der Waals surface area contributed by atoms with Crippen LogP contribution < -0.4 is 4.90 Å². The topological polar surface area (TPSA) is 74.7 Å². The number of phenolic OH excluding ortho intramolecular Hbond substituents is 1. The molecule has 0 aromatic heterocycles. The third kappa shape index (κ3) is 2.50. The lowest BCUT2D eigenvalue weighted by atomic mass is 10.2. The van der Waals surface area contributed by atoms with Crippen LogP contribution in [0.15, 0.2) is 12.1 Å². The molecule has 0 radical (unpaired) electrons. The number of aromatic hydroxyl groups is 1. The minimum atomic E-state index is -4.93. The zero-order valence-electron chi connectivity index (χ0n) is 9.31. The van der Waals surface area contributed by atoms with Crippen molar-refractivity contribution in [2.75, 3.05) is 11.4 Å². The average Bonchev–Trinajstić information content (AvgIpc) is 2.65. The van der Waals surface area contributed by atoms with E-state index in [9.17, 15) is 25.9 Å². The standard InChI is InChI=1S/C10H8F3NO4S/c11-6-2-7(12)9(15)3-8(6)14-4-5(1-10(14)16)19(13,17)18/h2-3,5,15H,1,4H2. The van der Waals surface area contributed by atoms with E-state index in [2.05, 4.69) is 0 Å². The van der Waals surface area contributed by atoms with Crippen LogP contribution in [0.2, 0.25) is 0 Å². The Balaban J connectivity index is 2.39. The average molecular weight is 295 g/mol. The number of hydrogen-bond acceptors (Lipinski definition) is 4. The number of carbonyl (C=O) groups excluding carboxylic acids is 1. The molecule has 9 heteroatoms. The predicted octanol–water partition coefficient (Wildman–Crippen LogP) is 1.07. The van der Waals surface area contributed by atoms with Crippen molar-refractivity contribution in [2.24, 2.45) is 0 Å². The zero-order chi connectivity index (χ0) is 14.4. The Labute approximate surface area is 106 Å². The summed E-state index contributed by atoms with van der Waals surface area (Å²) in [6, 6.07) is 1.00. The fourth-order valence-electron chi connectivity index (χ4n) is 1.83. The van der Waals surface area contributed by atoms with Gasteiger partial charge < -0.3 is 10.0 Å². The summed E-state index contributed by atoms with van der Waals surface area (Å²) in [6.45, 7) is -0.584. The Morgan fingerprint density at radius 3 is 2.42 bits per heavy atom. The molecule has 5 nitrogen and oxygen atoms in total. The second-order valence-electron chi connectivity index (χ2n) is 4.06. The van der Waals surface area contributed by atoms with Crippen LogP contribution in [-0.4, -0.2) is 31.2 Å². The van der Waals surface area contributed by atoms with Gasteiger partial charge in [0.05, 0.1) is 5.69 Å². The largest absolute Gasteiger partial charge is 0.505 e. The van der Waals surface area contributed by atoms with Crippen LogP contribution >= 0.6 is 0 Å². The molecular weight excluding hydrogens is 287 g/mol. The maximum absolute atomic E-state index is 13.5. The number of amides is 1. The van der Waals surface area contributed by atoms with Gasteiger partial charge in [-0.15, -0.1) is 3.89 Å². The maximum Gasteiger partial charge on any atom is 0.307 e. The Kier molecular flexibility index (Phi) is 3.17. The quantitative estimate of drug-likeness (QED) is 0.828. The van der Waals surface area contributed by atoms with E-state index in [1.54, 1.807) is 0 Å². The van der Waals surface area contributed by atoms with Gasteiger partial charge in [0, 0.05) is 25.1 Å². The molecule has 19 heavy (non-hydrogen) atoms. The fourth-order valence-corrected chi connectivity index (χ4v) is 2.50. The first-order valence-electron chi connectivity index (χ1n) is 5.12. The molecule has 0 bridgehead atoms. The number of phenols is 1. The molecule has 0 spiro atoms. The summed E-state index contributed by atoms with van der Waals surface area (Å²) in [5.41, 5.74) is -0.491. The van der Waals surface area contributed by atoms with E-state index >= 15 is 0 Å². The van der Waals surface area contributed by atoms with Crippen LogP contribution in [0.4, 0.5) is 18.4 Å². The van der Waals surface area contributed by atoms with Gasteiger partial charge in [-0.2, -0.15) is 8.42 Å². The van der Waals surface area contributed by atoms with Crippen LogP contribution in [0.1, 0.15) is 6.42 Å². The zero-order valence-corrected chi connectivity index (χ0v) is 10.1. The normalized spacial score (nSPS) is 20.1. The smallest absolute Gasteiger partial charge is 0.307 e. The number of rotatable bonds is 2. The molecule has 1 aromatic rings. The van der Waals surface area contributed by atoms with Crippen molar-refractivity contribution in [3.05, 3.63) is 23.8 Å². The molecule has 1 fully saturated rings. The van der Waals surface area contributed by atoms with Gasteiger partial charge in [0.2, 0.25) is 5.91 Å². The SMILES string of the molecule is O=C1CC(S(=O)(=O)F)CN1c1cc(O)c(F)cc1F. The van der Waals surface area contributed by atoms with Crippen molar-refractivity contribution in [3.63, 3.8) is 0 Å². The molecule has 0 saturated carbocycles. The molecule has 1 aromatic carbocycles. The molecular formula is C10H8F3NO4S. The van der Waals surface area contributed by atoms with Crippen LogP contribution in [0.25, 0.3) is 0 Å². The number of carbonyl (C=O) groups is 1. The van der Waals surface area contributed by atoms with E-state index in [1.807, 2.05) is 0 Å². The van der Waals surface area contributed by atoms with Gasteiger partial charge in [0.25, 0.3) is 0 Å². The van der Waals surface area contributed by atoms with Crippen molar-refractivity contribution in [3.8, 4) is 5.75 Å². The molecule has 1 amide bonds. The van der Waals surface area contributed by atoms with Crippen LogP contribution in [0, 0.1) is 11.6 Å². The van der Waals surface area contributed by atoms with E-state index in [4.69, 9.17) is 5.11 Å². The fraction of sp³-hybridized carbons (Fsp3) is 0.300. The van der Waals surface area contributed by atoms with Gasteiger partial charge in [0.15, 0.2) is 11.6 Å². The molecule has 1 atom stereocenters. The highest BCUT2D eigenvalue weighted by atomic mass is 32.3. The lowest BCUT2D eigenvalue weighted by Gasteiger charge is -2.17. The summed E-state index contributed by atoms with van der Waals surface area (Å²) >= 11 is 0. The number of halogens is 3. The van der Waals surface area contributed by atoms with Gasteiger partial charge in [-0.3, -0.25) is 4.79 Å². The molecule has 1 aliphatic rings. The minimum absolute atomic E-state index is 0.356. The lowest BCUT2D eigenvalue weighted by Crippen LogP contribution is -2.27. The van der Waals surface area contributed by atoms with E-state index in [1.165, 1.54) is 0 Å².